The number of aliphatic hydroxyl groups is 1. The van der Waals surface area contributed by atoms with Crippen LogP contribution < -0.4 is 4.74 Å². The van der Waals surface area contributed by atoms with Crippen molar-refractivity contribution >= 4 is 0 Å². The summed E-state index contributed by atoms with van der Waals surface area (Å²) in [5, 5.41) is 14.7. The SMILES string of the molecule is CC(C)(C)C(O)C(CCCOc1c(F)cccc1F)n1cncn1. The molecule has 2 unspecified atom stereocenters. The molecule has 0 saturated carbocycles. The second-order valence-corrected chi connectivity index (χ2v) is 6.80. The van der Waals surface area contributed by atoms with Crippen LogP contribution in [0.1, 0.15) is 39.7 Å². The third kappa shape index (κ3) is 4.50. The Morgan fingerprint density at radius 3 is 2.46 bits per heavy atom. The van der Waals surface area contributed by atoms with Gasteiger partial charge >= 0.3 is 0 Å². The lowest BCUT2D eigenvalue weighted by Gasteiger charge is -2.33. The minimum Gasteiger partial charge on any atom is -0.488 e. The maximum absolute atomic E-state index is 13.5. The molecule has 1 N–H and O–H groups in total. The van der Waals surface area contributed by atoms with Crippen molar-refractivity contribution in [2.75, 3.05) is 6.61 Å². The molecule has 1 aromatic heterocycles. The van der Waals surface area contributed by atoms with Crippen LogP contribution in [0, 0.1) is 17.0 Å². The molecule has 0 amide bonds. The topological polar surface area (TPSA) is 60.2 Å². The van der Waals surface area contributed by atoms with Gasteiger partial charge in [0.05, 0.1) is 18.8 Å². The highest BCUT2D eigenvalue weighted by molar-refractivity contribution is 5.25. The Labute approximate surface area is 140 Å². The number of hydrogen-bond acceptors (Lipinski definition) is 4. The third-order valence-electron chi connectivity index (χ3n) is 3.84. The molecule has 0 bridgehead atoms. The Balaban J connectivity index is 1.96. The molecule has 2 atom stereocenters. The van der Waals surface area contributed by atoms with E-state index < -0.39 is 17.7 Å². The Kier molecular flexibility index (Phi) is 5.88. The Hall–Kier alpha value is -2.02. The molecule has 1 aromatic carbocycles. The molecular formula is C17H23F2N3O2. The molecule has 132 valence electrons. The van der Waals surface area contributed by atoms with Gasteiger partial charge in [-0.15, -0.1) is 0 Å². The summed E-state index contributed by atoms with van der Waals surface area (Å²) in [5.41, 5.74) is -0.338. The number of benzene rings is 1. The second-order valence-electron chi connectivity index (χ2n) is 6.80. The summed E-state index contributed by atoms with van der Waals surface area (Å²) >= 11 is 0. The summed E-state index contributed by atoms with van der Waals surface area (Å²) in [6, 6.07) is 3.30. The molecule has 0 aliphatic heterocycles. The van der Waals surface area contributed by atoms with Crippen LogP contribution in [-0.2, 0) is 0 Å². The van der Waals surface area contributed by atoms with Gasteiger partial charge in [-0.25, -0.2) is 18.4 Å². The third-order valence-corrected chi connectivity index (χ3v) is 3.84. The highest BCUT2D eigenvalue weighted by Gasteiger charge is 2.31. The van der Waals surface area contributed by atoms with Crippen molar-refractivity contribution < 1.29 is 18.6 Å². The first-order valence-corrected chi connectivity index (χ1v) is 7.89. The number of aliphatic hydroxyl groups excluding tert-OH is 1. The fraction of sp³-hybridized carbons (Fsp3) is 0.529. The fourth-order valence-corrected chi connectivity index (χ4v) is 2.49. The van der Waals surface area contributed by atoms with E-state index in [-0.39, 0.29) is 23.8 Å². The highest BCUT2D eigenvalue weighted by atomic mass is 19.1. The molecular weight excluding hydrogens is 316 g/mol. The summed E-state index contributed by atoms with van der Waals surface area (Å²) in [6.45, 7) is 5.95. The van der Waals surface area contributed by atoms with Crippen LogP contribution in [0.15, 0.2) is 30.9 Å². The molecule has 24 heavy (non-hydrogen) atoms. The molecule has 0 saturated heterocycles. The molecule has 0 spiro atoms. The first kappa shape index (κ1) is 18.3. The smallest absolute Gasteiger partial charge is 0.190 e. The first-order chi connectivity index (χ1) is 11.3. The van der Waals surface area contributed by atoms with Crippen molar-refractivity contribution in [2.24, 2.45) is 5.41 Å². The summed E-state index contributed by atoms with van der Waals surface area (Å²) in [7, 11) is 0. The lowest BCUT2D eigenvalue weighted by Crippen LogP contribution is -2.36. The van der Waals surface area contributed by atoms with Gasteiger partial charge in [0.2, 0.25) is 0 Å². The van der Waals surface area contributed by atoms with Crippen molar-refractivity contribution in [3.05, 3.63) is 42.5 Å². The normalized spacial score (nSPS) is 14.4. The van der Waals surface area contributed by atoms with Crippen LogP contribution in [0.3, 0.4) is 0 Å². The monoisotopic (exact) mass is 339 g/mol. The van der Waals surface area contributed by atoms with Crippen molar-refractivity contribution in [1.29, 1.82) is 0 Å². The van der Waals surface area contributed by atoms with Crippen LogP contribution in [0.4, 0.5) is 8.78 Å². The van der Waals surface area contributed by atoms with Gasteiger partial charge in [-0.05, 0) is 30.4 Å². The fourth-order valence-electron chi connectivity index (χ4n) is 2.49. The number of para-hydroxylation sites is 1. The largest absolute Gasteiger partial charge is 0.488 e. The summed E-state index contributed by atoms with van der Waals surface area (Å²) < 4.78 is 33.9. The molecule has 0 fully saturated rings. The van der Waals surface area contributed by atoms with E-state index in [0.29, 0.717) is 12.8 Å². The van der Waals surface area contributed by atoms with Crippen LogP contribution in [0.25, 0.3) is 0 Å². The summed E-state index contributed by atoms with van der Waals surface area (Å²) in [6.07, 6.45) is 3.36. The first-order valence-electron chi connectivity index (χ1n) is 7.89. The van der Waals surface area contributed by atoms with Crippen molar-refractivity contribution in [3.63, 3.8) is 0 Å². The summed E-state index contributed by atoms with van der Waals surface area (Å²) in [5.74, 6) is -1.82. The zero-order valence-electron chi connectivity index (χ0n) is 14.1. The number of aromatic nitrogens is 3. The van der Waals surface area contributed by atoms with Crippen molar-refractivity contribution in [3.8, 4) is 5.75 Å². The van der Waals surface area contributed by atoms with Crippen molar-refractivity contribution in [1.82, 2.24) is 14.8 Å². The van der Waals surface area contributed by atoms with E-state index in [1.54, 1.807) is 11.0 Å². The van der Waals surface area contributed by atoms with Gasteiger partial charge in [-0.1, -0.05) is 26.8 Å². The molecule has 2 rings (SSSR count). The number of ether oxygens (including phenoxy) is 1. The lowest BCUT2D eigenvalue weighted by atomic mass is 9.83. The molecule has 0 radical (unpaired) electrons. The van der Waals surface area contributed by atoms with Crippen LogP contribution in [-0.4, -0.2) is 32.6 Å². The number of hydrogen-bond donors (Lipinski definition) is 1. The molecule has 0 aliphatic carbocycles. The lowest BCUT2D eigenvalue weighted by molar-refractivity contribution is 0.00751. The second kappa shape index (κ2) is 7.70. The zero-order valence-corrected chi connectivity index (χ0v) is 14.1. The summed E-state index contributed by atoms with van der Waals surface area (Å²) in [4.78, 5) is 3.92. The van der Waals surface area contributed by atoms with E-state index >= 15 is 0 Å². The van der Waals surface area contributed by atoms with E-state index in [1.807, 2.05) is 20.8 Å². The van der Waals surface area contributed by atoms with Gasteiger partial charge in [0.1, 0.15) is 12.7 Å². The average molecular weight is 339 g/mol. The van der Waals surface area contributed by atoms with Crippen LogP contribution in [0.5, 0.6) is 5.75 Å². The maximum Gasteiger partial charge on any atom is 0.190 e. The van der Waals surface area contributed by atoms with Gasteiger partial charge in [-0.3, -0.25) is 0 Å². The minimum absolute atomic E-state index is 0.139. The van der Waals surface area contributed by atoms with E-state index in [1.165, 1.54) is 12.4 Å². The van der Waals surface area contributed by atoms with Gasteiger partial charge in [0.15, 0.2) is 17.4 Å². The number of nitrogens with zero attached hydrogens (tertiary/aromatic N) is 3. The minimum atomic E-state index is -0.724. The standard InChI is InChI=1S/C17H23F2N3O2/c1-17(2,3)16(23)14(22-11-20-10-21-22)8-5-9-24-15-12(18)6-4-7-13(15)19/h4,6-7,10-11,14,16,23H,5,8-9H2,1-3H3. The van der Waals surface area contributed by atoms with Gasteiger partial charge in [0.25, 0.3) is 0 Å². The number of halogens is 2. The predicted molar refractivity (Wildman–Crippen MR) is 85.6 cm³/mol. The zero-order chi connectivity index (χ0) is 17.7. The number of rotatable bonds is 7. The van der Waals surface area contributed by atoms with Crippen LogP contribution >= 0.6 is 0 Å². The Morgan fingerprint density at radius 1 is 1.25 bits per heavy atom. The van der Waals surface area contributed by atoms with Gasteiger partial charge in [-0.2, -0.15) is 5.10 Å². The molecule has 1 heterocycles. The Bertz CT molecular complexity index is 622. The average Bonchev–Trinajstić information content (AvgIpc) is 3.02. The van der Waals surface area contributed by atoms with Crippen LogP contribution in [0.2, 0.25) is 0 Å². The van der Waals surface area contributed by atoms with Gasteiger partial charge < -0.3 is 9.84 Å². The van der Waals surface area contributed by atoms with E-state index in [0.717, 1.165) is 12.1 Å². The molecule has 2 aromatic rings. The maximum atomic E-state index is 13.5. The van der Waals surface area contributed by atoms with Gasteiger partial charge in [0, 0.05) is 0 Å². The highest BCUT2D eigenvalue weighted by Crippen LogP contribution is 2.31. The van der Waals surface area contributed by atoms with E-state index in [2.05, 4.69) is 10.1 Å². The predicted octanol–water partition coefficient (Wildman–Crippen LogP) is 3.36. The quantitative estimate of drug-likeness (QED) is 0.786. The van der Waals surface area contributed by atoms with E-state index in [9.17, 15) is 13.9 Å². The van der Waals surface area contributed by atoms with E-state index in [4.69, 9.17) is 4.74 Å². The Morgan fingerprint density at radius 2 is 1.92 bits per heavy atom. The molecule has 0 aliphatic rings. The molecule has 7 heteroatoms. The van der Waals surface area contributed by atoms with Crippen molar-refractivity contribution in [2.45, 2.75) is 45.8 Å². The molecule has 5 nitrogen and oxygen atoms in total.